The van der Waals surface area contributed by atoms with Crippen molar-refractivity contribution >= 4 is 22.6 Å². The number of aromatic nitrogens is 3. The van der Waals surface area contributed by atoms with Gasteiger partial charge in [-0.05, 0) is 68.7 Å². The summed E-state index contributed by atoms with van der Waals surface area (Å²) in [7, 11) is 0. The van der Waals surface area contributed by atoms with Gasteiger partial charge in [0.05, 0.1) is 5.39 Å². The Bertz CT molecular complexity index is 1170. The standard InChI is InChI=1S/C23H24N4O2/c1-15(22(28)26-12-6-9-16-7-3-5-11-20(16)26)27-14-24-21-18(23(27)29)13-17-8-2-4-10-19(17)25-21/h3,5,7,11,13-15H,2,4,6,8-10,12H2,1H3/t15-/m1/s1. The van der Waals surface area contributed by atoms with Crippen LogP contribution in [0.5, 0.6) is 0 Å². The lowest BCUT2D eigenvalue weighted by atomic mass is 9.95. The van der Waals surface area contributed by atoms with Gasteiger partial charge < -0.3 is 4.90 Å². The Kier molecular flexibility index (Phi) is 4.42. The molecule has 1 amide bonds. The molecule has 0 saturated carbocycles. The minimum absolute atomic E-state index is 0.0775. The minimum Gasteiger partial charge on any atom is -0.310 e. The first-order valence-electron chi connectivity index (χ1n) is 10.4. The SMILES string of the molecule is C[C@H](C(=O)N1CCCc2ccccc21)n1cnc2nc3c(cc2c1=O)CCCC3. The van der Waals surface area contributed by atoms with Gasteiger partial charge in [-0.25, -0.2) is 9.97 Å². The average molecular weight is 388 g/mol. The molecule has 6 heteroatoms. The molecule has 0 fully saturated rings. The normalized spacial score (nSPS) is 16.9. The van der Waals surface area contributed by atoms with Crippen LogP contribution in [0.3, 0.4) is 0 Å². The van der Waals surface area contributed by atoms with Gasteiger partial charge in [0.25, 0.3) is 5.56 Å². The smallest absolute Gasteiger partial charge is 0.263 e. The molecule has 1 atom stereocenters. The number of anilines is 1. The number of nitrogens with zero attached hydrogens (tertiary/aromatic N) is 4. The second-order valence-corrected chi connectivity index (χ2v) is 8.03. The van der Waals surface area contributed by atoms with Crippen LogP contribution in [-0.4, -0.2) is 27.0 Å². The molecule has 2 aromatic heterocycles. The molecule has 5 rings (SSSR count). The Hall–Kier alpha value is -3.02. The Morgan fingerprint density at radius 2 is 1.86 bits per heavy atom. The molecule has 0 saturated heterocycles. The number of rotatable bonds is 2. The van der Waals surface area contributed by atoms with Crippen molar-refractivity contribution in [2.24, 2.45) is 0 Å². The highest BCUT2D eigenvalue weighted by Gasteiger charge is 2.28. The Balaban J connectivity index is 1.53. The van der Waals surface area contributed by atoms with Crippen LogP contribution in [0.15, 0.2) is 41.5 Å². The summed E-state index contributed by atoms with van der Waals surface area (Å²) in [6.07, 6.45) is 7.53. The molecule has 6 nitrogen and oxygen atoms in total. The molecule has 1 aliphatic carbocycles. The van der Waals surface area contributed by atoms with Gasteiger partial charge in [0, 0.05) is 17.9 Å². The molecule has 0 N–H and O–H groups in total. The third-order valence-corrected chi connectivity index (χ3v) is 6.20. The summed E-state index contributed by atoms with van der Waals surface area (Å²) >= 11 is 0. The van der Waals surface area contributed by atoms with E-state index in [1.165, 1.54) is 16.5 Å². The number of hydrogen-bond acceptors (Lipinski definition) is 4. The van der Waals surface area contributed by atoms with Crippen molar-refractivity contribution in [2.75, 3.05) is 11.4 Å². The highest BCUT2D eigenvalue weighted by molar-refractivity contribution is 5.97. The van der Waals surface area contributed by atoms with Gasteiger partial charge >= 0.3 is 0 Å². The van der Waals surface area contributed by atoms with Crippen molar-refractivity contribution in [1.29, 1.82) is 0 Å². The summed E-state index contributed by atoms with van der Waals surface area (Å²) < 4.78 is 1.46. The Morgan fingerprint density at radius 3 is 2.76 bits per heavy atom. The minimum atomic E-state index is -0.624. The summed E-state index contributed by atoms with van der Waals surface area (Å²) in [5, 5.41) is 0.506. The number of pyridine rings is 1. The van der Waals surface area contributed by atoms with E-state index in [4.69, 9.17) is 0 Å². The van der Waals surface area contributed by atoms with Gasteiger partial charge in [-0.1, -0.05) is 18.2 Å². The van der Waals surface area contributed by atoms with E-state index in [0.29, 0.717) is 17.6 Å². The zero-order valence-corrected chi connectivity index (χ0v) is 16.6. The van der Waals surface area contributed by atoms with Crippen molar-refractivity contribution in [3.05, 3.63) is 63.8 Å². The first-order valence-corrected chi connectivity index (χ1v) is 10.4. The molecule has 1 aliphatic heterocycles. The fraction of sp³-hybridized carbons (Fsp3) is 0.391. The van der Waals surface area contributed by atoms with Gasteiger partial charge in [0.2, 0.25) is 5.91 Å². The van der Waals surface area contributed by atoms with Crippen LogP contribution in [0.4, 0.5) is 5.69 Å². The van der Waals surface area contributed by atoms with Crippen LogP contribution in [-0.2, 0) is 24.1 Å². The lowest BCUT2D eigenvalue weighted by Gasteiger charge is -2.31. The lowest BCUT2D eigenvalue weighted by molar-refractivity contribution is -0.121. The van der Waals surface area contributed by atoms with Crippen LogP contribution in [0.25, 0.3) is 11.0 Å². The van der Waals surface area contributed by atoms with Crippen LogP contribution < -0.4 is 10.5 Å². The van der Waals surface area contributed by atoms with E-state index in [-0.39, 0.29) is 11.5 Å². The summed E-state index contributed by atoms with van der Waals surface area (Å²) in [5.41, 5.74) is 4.62. The fourth-order valence-electron chi connectivity index (χ4n) is 4.57. The number of hydrogen-bond donors (Lipinski definition) is 0. The van der Waals surface area contributed by atoms with E-state index < -0.39 is 6.04 Å². The second kappa shape index (κ2) is 7.10. The van der Waals surface area contributed by atoms with Crippen molar-refractivity contribution in [3.63, 3.8) is 0 Å². The molecule has 3 heterocycles. The van der Waals surface area contributed by atoms with Crippen molar-refractivity contribution < 1.29 is 4.79 Å². The van der Waals surface area contributed by atoms with Crippen molar-refractivity contribution in [1.82, 2.24) is 14.5 Å². The van der Waals surface area contributed by atoms with Gasteiger partial charge in [-0.3, -0.25) is 14.2 Å². The second-order valence-electron chi connectivity index (χ2n) is 8.03. The lowest BCUT2D eigenvalue weighted by Crippen LogP contribution is -2.42. The van der Waals surface area contributed by atoms with E-state index in [1.807, 2.05) is 29.2 Å². The van der Waals surface area contributed by atoms with E-state index in [0.717, 1.165) is 55.5 Å². The fourth-order valence-corrected chi connectivity index (χ4v) is 4.57. The zero-order valence-electron chi connectivity index (χ0n) is 16.6. The zero-order chi connectivity index (χ0) is 20.0. The molecule has 0 spiro atoms. The predicted molar refractivity (Wildman–Crippen MR) is 112 cm³/mol. The van der Waals surface area contributed by atoms with Gasteiger partial charge in [-0.2, -0.15) is 0 Å². The average Bonchev–Trinajstić information content (AvgIpc) is 2.77. The molecule has 3 aromatic rings. The third kappa shape index (κ3) is 3.03. The predicted octanol–water partition coefficient (Wildman–Crippen LogP) is 3.21. The molecule has 0 bridgehead atoms. The highest BCUT2D eigenvalue weighted by atomic mass is 16.2. The Morgan fingerprint density at radius 1 is 1.07 bits per heavy atom. The maximum absolute atomic E-state index is 13.3. The monoisotopic (exact) mass is 388 g/mol. The number of aryl methyl sites for hydroxylation is 3. The van der Waals surface area contributed by atoms with Crippen LogP contribution >= 0.6 is 0 Å². The molecule has 0 unspecified atom stereocenters. The Labute approximate surface area is 169 Å². The molecular formula is C23H24N4O2. The third-order valence-electron chi connectivity index (χ3n) is 6.20. The van der Waals surface area contributed by atoms with Gasteiger partial charge in [0.1, 0.15) is 12.4 Å². The quantitative estimate of drug-likeness (QED) is 0.676. The van der Waals surface area contributed by atoms with Crippen molar-refractivity contribution in [2.45, 2.75) is 51.5 Å². The van der Waals surface area contributed by atoms with E-state index in [9.17, 15) is 9.59 Å². The maximum atomic E-state index is 13.3. The largest absolute Gasteiger partial charge is 0.310 e. The maximum Gasteiger partial charge on any atom is 0.263 e. The van der Waals surface area contributed by atoms with Crippen molar-refractivity contribution in [3.8, 4) is 0 Å². The first-order chi connectivity index (χ1) is 14.1. The number of amides is 1. The highest BCUT2D eigenvalue weighted by Crippen LogP contribution is 2.29. The van der Waals surface area contributed by atoms with Crippen LogP contribution in [0.1, 0.15) is 49.0 Å². The van der Waals surface area contributed by atoms with E-state index >= 15 is 0 Å². The van der Waals surface area contributed by atoms with Crippen LogP contribution in [0.2, 0.25) is 0 Å². The van der Waals surface area contributed by atoms with Crippen LogP contribution in [0, 0.1) is 0 Å². The molecule has 2 aliphatic rings. The van der Waals surface area contributed by atoms with E-state index in [2.05, 4.69) is 16.0 Å². The summed E-state index contributed by atoms with van der Waals surface area (Å²) in [6, 6.07) is 9.32. The number of benzene rings is 1. The van der Waals surface area contributed by atoms with Gasteiger partial charge in [0.15, 0.2) is 5.65 Å². The number of carbonyl (C=O) groups excluding carboxylic acids is 1. The first kappa shape index (κ1) is 18.0. The molecular weight excluding hydrogens is 364 g/mol. The molecule has 29 heavy (non-hydrogen) atoms. The summed E-state index contributed by atoms with van der Waals surface area (Å²) in [5.74, 6) is -0.0775. The van der Waals surface area contributed by atoms with Gasteiger partial charge in [-0.15, -0.1) is 0 Å². The van der Waals surface area contributed by atoms with E-state index in [1.54, 1.807) is 6.92 Å². The summed E-state index contributed by atoms with van der Waals surface area (Å²) in [6.45, 7) is 2.45. The topological polar surface area (TPSA) is 68.1 Å². The summed E-state index contributed by atoms with van der Waals surface area (Å²) in [4.78, 5) is 37.4. The number of fused-ring (bicyclic) bond motifs is 3. The molecule has 0 radical (unpaired) electrons. The number of carbonyl (C=O) groups is 1. The number of para-hydroxylation sites is 1. The molecule has 148 valence electrons. The molecule has 1 aromatic carbocycles.